The Hall–Kier alpha value is -3.69. The molecule has 4 N–H and O–H groups in total. The number of rotatable bonds is 3. The van der Waals surface area contributed by atoms with Gasteiger partial charge in [0.1, 0.15) is 11.0 Å². The second-order valence-corrected chi connectivity index (χ2v) is 6.82. The van der Waals surface area contributed by atoms with Gasteiger partial charge in [-0.1, -0.05) is 17.1 Å². The molecule has 4 aromatic rings. The van der Waals surface area contributed by atoms with Crippen LogP contribution in [0.4, 0.5) is 10.7 Å². The van der Waals surface area contributed by atoms with Crippen LogP contribution in [-0.4, -0.2) is 55.3 Å². The number of aromatic amines is 2. The van der Waals surface area contributed by atoms with E-state index in [2.05, 4.69) is 30.2 Å². The number of H-pyrrole nitrogens is 2. The van der Waals surface area contributed by atoms with Gasteiger partial charge in [0.05, 0.1) is 6.33 Å². The number of aromatic nitrogens is 6. The van der Waals surface area contributed by atoms with Crippen LogP contribution in [0.5, 0.6) is 0 Å². The highest BCUT2D eigenvalue weighted by Gasteiger charge is 2.27. The third-order valence-electron chi connectivity index (χ3n) is 5.10. The highest BCUT2D eigenvalue weighted by Crippen LogP contribution is 2.21. The molecule has 1 aromatic carbocycles. The van der Waals surface area contributed by atoms with Crippen molar-refractivity contribution in [1.82, 2.24) is 30.2 Å². The zero-order valence-electron chi connectivity index (χ0n) is 15.0. The van der Waals surface area contributed by atoms with Gasteiger partial charge >= 0.3 is 12.0 Å². The molecule has 3 aromatic heterocycles. The van der Waals surface area contributed by atoms with E-state index in [0.717, 1.165) is 22.4 Å². The van der Waals surface area contributed by atoms with Crippen LogP contribution in [0, 0.1) is 0 Å². The van der Waals surface area contributed by atoms with Crippen molar-refractivity contribution in [2.24, 2.45) is 0 Å². The summed E-state index contributed by atoms with van der Waals surface area (Å²) in [5, 5.41) is 11.5. The summed E-state index contributed by atoms with van der Waals surface area (Å²) in [4.78, 5) is 33.1. The van der Waals surface area contributed by atoms with Crippen molar-refractivity contribution in [2.45, 2.75) is 18.9 Å². The fraction of sp³-hybridized carbons (Fsp3) is 0.278. The fourth-order valence-electron chi connectivity index (χ4n) is 3.71. The summed E-state index contributed by atoms with van der Waals surface area (Å²) in [7, 11) is 0. The molecule has 0 unspecified atom stereocenters. The molecular weight excluding hydrogens is 360 g/mol. The standard InChI is InChI=1S/C18H18N8O2/c27-18(28)22-11-5-7-25(8-6-11)17-23-15-14(19-9-20-15)16(24-17)26-10-21-12-3-1-2-4-13(12)26/h1-4,9-11,22H,5-8H2,(H2,19,20,23,24,27,28)/p+1. The minimum Gasteiger partial charge on any atom is -0.465 e. The van der Waals surface area contributed by atoms with Crippen LogP contribution in [0.3, 0.4) is 0 Å². The summed E-state index contributed by atoms with van der Waals surface area (Å²) in [5.74, 6) is 1.32. The summed E-state index contributed by atoms with van der Waals surface area (Å²) in [6.07, 6.45) is 3.93. The van der Waals surface area contributed by atoms with Crippen LogP contribution in [0.1, 0.15) is 12.8 Å². The lowest BCUT2D eigenvalue weighted by atomic mass is 10.1. The molecular formula is C18H19N8O2+. The second-order valence-electron chi connectivity index (χ2n) is 6.82. The second kappa shape index (κ2) is 6.48. The molecule has 28 heavy (non-hydrogen) atoms. The number of carbonyl (C=O) groups is 1. The van der Waals surface area contributed by atoms with Gasteiger partial charge in [-0.3, -0.25) is 4.98 Å². The predicted octanol–water partition coefficient (Wildman–Crippen LogP) is 1.35. The lowest BCUT2D eigenvalue weighted by molar-refractivity contribution is -0.569. The van der Waals surface area contributed by atoms with Crippen molar-refractivity contribution in [2.75, 3.05) is 18.0 Å². The molecule has 0 aliphatic carbocycles. The topological polar surface area (TPSA) is 127 Å². The third kappa shape index (κ3) is 2.79. The van der Waals surface area contributed by atoms with Gasteiger partial charge in [-0.25, -0.2) is 9.78 Å². The first-order valence-corrected chi connectivity index (χ1v) is 9.13. The number of amides is 1. The number of benzene rings is 1. The van der Waals surface area contributed by atoms with Gasteiger partial charge < -0.3 is 20.3 Å². The molecule has 1 aliphatic rings. The van der Waals surface area contributed by atoms with Crippen molar-refractivity contribution in [1.29, 1.82) is 0 Å². The largest absolute Gasteiger partial charge is 0.465 e. The molecule has 4 heterocycles. The van der Waals surface area contributed by atoms with E-state index < -0.39 is 6.09 Å². The number of imidazole rings is 2. The van der Waals surface area contributed by atoms with E-state index in [1.165, 1.54) is 0 Å². The smallest absolute Gasteiger partial charge is 0.404 e. The van der Waals surface area contributed by atoms with E-state index in [-0.39, 0.29) is 6.04 Å². The molecule has 5 rings (SSSR count). The van der Waals surface area contributed by atoms with Crippen LogP contribution >= 0.6 is 0 Å². The Morgan fingerprint density at radius 2 is 2.04 bits per heavy atom. The van der Waals surface area contributed by atoms with Crippen molar-refractivity contribution in [3.8, 4) is 5.82 Å². The summed E-state index contributed by atoms with van der Waals surface area (Å²) in [5.41, 5.74) is 3.38. The monoisotopic (exact) mass is 379 g/mol. The molecule has 1 saturated heterocycles. The average molecular weight is 379 g/mol. The highest BCUT2D eigenvalue weighted by atomic mass is 16.4. The van der Waals surface area contributed by atoms with E-state index in [1.54, 1.807) is 6.33 Å². The first-order valence-electron chi connectivity index (χ1n) is 9.13. The maximum absolute atomic E-state index is 10.9. The molecule has 10 heteroatoms. The van der Waals surface area contributed by atoms with Crippen LogP contribution in [0.2, 0.25) is 0 Å². The molecule has 142 valence electrons. The van der Waals surface area contributed by atoms with Gasteiger partial charge in [-0.2, -0.15) is 9.55 Å². The minimum absolute atomic E-state index is 0.0367. The average Bonchev–Trinajstić information content (AvgIpc) is 3.34. The summed E-state index contributed by atoms with van der Waals surface area (Å²) in [6, 6.07) is 7.97. The zero-order chi connectivity index (χ0) is 19.1. The predicted molar refractivity (Wildman–Crippen MR) is 101 cm³/mol. The highest BCUT2D eigenvalue weighted by molar-refractivity contribution is 5.79. The Kier molecular flexibility index (Phi) is 3.81. The quantitative estimate of drug-likeness (QED) is 0.398. The summed E-state index contributed by atoms with van der Waals surface area (Å²) >= 11 is 0. The van der Waals surface area contributed by atoms with E-state index in [0.29, 0.717) is 37.5 Å². The number of anilines is 1. The first-order chi connectivity index (χ1) is 13.7. The normalized spacial score (nSPS) is 15.4. The van der Waals surface area contributed by atoms with Crippen molar-refractivity contribution >= 4 is 34.2 Å². The van der Waals surface area contributed by atoms with Gasteiger partial charge in [0.15, 0.2) is 17.5 Å². The fourth-order valence-corrected chi connectivity index (χ4v) is 3.71. The number of nitrogens with one attached hydrogen (secondary N) is 3. The molecule has 1 fully saturated rings. The molecule has 1 amide bonds. The van der Waals surface area contributed by atoms with E-state index in [4.69, 9.17) is 10.1 Å². The Labute approximate surface area is 159 Å². The first kappa shape index (κ1) is 16.5. The number of piperidine rings is 1. The van der Waals surface area contributed by atoms with Crippen molar-refractivity contribution in [3.05, 3.63) is 36.9 Å². The SMILES string of the molecule is O=C(O)NC1CCN(c2nc(-[n+]3c[nH]c4ccccc43)c3[nH]cnc3n2)CC1. The Morgan fingerprint density at radius 1 is 1.21 bits per heavy atom. The maximum Gasteiger partial charge on any atom is 0.404 e. The Morgan fingerprint density at radius 3 is 2.86 bits per heavy atom. The lowest BCUT2D eigenvalue weighted by Gasteiger charge is -2.30. The molecule has 0 spiro atoms. The van der Waals surface area contributed by atoms with E-state index in [9.17, 15) is 4.79 Å². The molecule has 1 aliphatic heterocycles. The van der Waals surface area contributed by atoms with Gasteiger partial charge in [-0.05, 0) is 25.0 Å². The summed E-state index contributed by atoms with van der Waals surface area (Å²) in [6.45, 7) is 1.36. The molecule has 0 radical (unpaired) electrons. The van der Waals surface area contributed by atoms with Gasteiger partial charge in [0, 0.05) is 19.1 Å². The van der Waals surface area contributed by atoms with Crippen LogP contribution in [-0.2, 0) is 0 Å². The molecule has 0 bridgehead atoms. The third-order valence-corrected chi connectivity index (χ3v) is 5.10. The number of hydrogen-bond acceptors (Lipinski definition) is 5. The molecule has 0 saturated carbocycles. The maximum atomic E-state index is 10.9. The molecule has 0 atom stereocenters. The number of carboxylic acid groups (broad SMARTS) is 1. The van der Waals surface area contributed by atoms with Crippen LogP contribution < -0.4 is 14.8 Å². The van der Waals surface area contributed by atoms with Gasteiger partial charge in [0.2, 0.25) is 0 Å². The number of nitrogens with zero attached hydrogens (tertiary/aromatic N) is 5. The van der Waals surface area contributed by atoms with E-state index >= 15 is 0 Å². The summed E-state index contributed by atoms with van der Waals surface area (Å²) < 4.78 is 1.99. The lowest BCUT2D eigenvalue weighted by Crippen LogP contribution is -2.45. The van der Waals surface area contributed by atoms with Crippen LogP contribution in [0.25, 0.3) is 28.0 Å². The van der Waals surface area contributed by atoms with E-state index in [1.807, 2.05) is 35.2 Å². The Balaban J connectivity index is 1.53. The molecule has 10 nitrogen and oxygen atoms in total. The number of fused-ring (bicyclic) bond motifs is 2. The van der Waals surface area contributed by atoms with Gasteiger partial charge in [0.25, 0.3) is 5.82 Å². The Bertz CT molecular complexity index is 1160. The van der Waals surface area contributed by atoms with Gasteiger partial charge in [-0.15, -0.1) is 0 Å². The van der Waals surface area contributed by atoms with Crippen molar-refractivity contribution < 1.29 is 14.5 Å². The minimum atomic E-state index is -0.981. The van der Waals surface area contributed by atoms with Crippen LogP contribution in [0.15, 0.2) is 36.9 Å². The number of para-hydroxylation sites is 2. The number of hydrogen-bond donors (Lipinski definition) is 4. The van der Waals surface area contributed by atoms with Crippen molar-refractivity contribution in [3.63, 3.8) is 0 Å². The zero-order valence-corrected chi connectivity index (χ0v) is 15.0.